The van der Waals surface area contributed by atoms with Gasteiger partial charge in [-0.05, 0) is 12.1 Å². The SMILES string of the molecule is C1=CSCN(c2nc3ccccc3s2)O1. The Hall–Kier alpha value is -1.20. The molecule has 1 aliphatic rings. The molecule has 0 atom stereocenters. The Labute approximate surface area is 95.3 Å². The lowest BCUT2D eigenvalue weighted by molar-refractivity contribution is 0.228. The summed E-state index contributed by atoms with van der Waals surface area (Å²) in [5.41, 5.74) is 1.03. The van der Waals surface area contributed by atoms with Crippen LogP contribution in [0.4, 0.5) is 5.13 Å². The molecule has 0 bridgehead atoms. The van der Waals surface area contributed by atoms with Gasteiger partial charge in [-0.1, -0.05) is 23.5 Å². The van der Waals surface area contributed by atoms with Crippen LogP contribution in [0.25, 0.3) is 10.2 Å². The molecule has 1 aromatic heterocycles. The number of thioether (sulfide) groups is 1. The number of nitrogens with zero attached hydrogens (tertiary/aromatic N) is 2. The van der Waals surface area contributed by atoms with Gasteiger partial charge in [0.05, 0.1) is 10.2 Å². The third-order valence-electron chi connectivity index (χ3n) is 2.03. The quantitative estimate of drug-likeness (QED) is 0.759. The van der Waals surface area contributed by atoms with Gasteiger partial charge >= 0.3 is 0 Å². The molecular weight excluding hydrogens is 228 g/mol. The second kappa shape index (κ2) is 3.75. The molecule has 15 heavy (non-hydrogen) atoms. The van der Waals surface area contributed by atoms with E-state index in [1.807, 2.05) is 23.6 Å². The lowest BCUT2D eigenvalue weighted by atomic mass is 10.3. The minimum absolute atomic E-state index is 0.788. The maximum Gasteiger partial charge on any atom is 0.221 e. The molecule has 3 rings (SSSR count). The Balaban J connectivity index is 2.00. The first-order valence-corrected chi connectivity index (χ1v) is 6.36. The number of para-hydroxylation sites is 1. The largest absolute Gasteiger partial charge is 0.384 e. The van der Waals surface area contributed by atoms with Gasteiger partial charge in [-0.15, -0.1) is 11.8 Å². The lowest BCUT2D eigenvalue weighted by Gasteiger charge is -2.20. The fraction of sp³-hybridized carbons (Fsp3) is 0.100. The molecular formula is C10H8N2OS2. The van der Waals surface area contributed by atoms with Crippen molar-refractivity contribution in [1.82, 2.24) is 4.98 Å². The molecule has 1 aliphatic heterocycles. The summed E-state index contributed by atoms with van der Waals surface area (Å²) in [6.45, 7) is 0. The number of hydrogen-bond donors (Lipinski definition) is 0. The number of fused-ring (bicyclic) bond motifs is 1. The van der Waals surface area contributed by atoms with Crippen molar-refractivity contribution in [3.63, 3.8) is 0 Å². The van der Waals surface area contributed by atoms with Crippen molar-refractivity contribution in [2.45, 2.75) is 0 Å². The summed E-state index contributed by atoms with van der Waals surface area (Å²) in [6.07, 6.45) is 1.68. The number of anilines is 1. The highest BCUT2D eigenvalue weighted by molar-refractivity contribution is 8.02. The van der Waals surface area contributed by atoms with Crippen LogP contribution in [0.3, 0.4) is 0 Å². The van der Waals surface area contributed by atoms with Crippen molar-refractivity contribution in [1.29, 1.82) is 0 Å². The van der Waals surface area contributed by atoms with Crippen LogP contribution in [0.5, 0.6) is 0 Å². The number of aromatic nitrogens is 1. The molecule has 76 valence electrons. The van der Waals surface area contributed by atoms with E-state index in [2.05, 4.69) is 11.1 Å². The Morgan fingerprint density at radius 3 is 3.07 bits per heavy atom. The van der Waals surface area contributed by atoms with E-state index in [9.17, 15) is 0 Å². The van der Waals surface area contributed by atoms with Crippen LogP contribution in [-0.2, 0) is 4.84 Å². The third-order valence-corrected chi connectivity index (χ3v) is 3.76. The standard InChI is InChI=1S/C10H8N2OS2/c1-2-4-9-8(3-1)11-10(15-9)12-7-14-6-5-13-12/h1-6H,7H2. The number of thiazole rings is 1. The van der Waals surface area contributed by atoms with E-state index in [0.29, 0.717) is 0 Å². The van der Waals surface area contributed by atoms with Crippen molar-refractivity contribution >= 4 is 38.4 Å². The first kappa shape index (κ1) is 9.06. The summed E-state index contributed by atoms with van der Waals surface area (Å²) in [6, 6.07) is 8.11. The summed E-state index contributed by atoms with van der Waals surface area (Å²) < 4.78 is 1.19. The van der Waals surface area contributed by atoms with Crippen LogP contribution in [0, 0.1) is 0 Å². The monoisotopic (exact) mass is 236 g/mol. The molecule has 0 aliphatic carbocycles. The van der Waals surface area contributed by atoms with Crippen LogP contribution in [-0.4, -0.2) is 10.9 Å². The van der Waals surface area contributed by atoms with Gasteiger partial charge in [-0.3, -0.25) is 0 Å². The first-order valence-electron chi connectivity index (χ1n) is 4.50. The topological polar surface area (TPSA) is 25.4 Å². The van der Waals surface area contributed by atoms with Crippen LogP contribution in [0.15, 0.2) is 35.9 Å². The highest BCUT2D eigenvalue weighted by Crippen LogP contribution is 2.30. The van der Waals surface area contributed by atoms with Crippen LogP contribution in [0.2, 0.25) is 0 Å². The van der Waals surface area contributed by atoms with E-state index in [1.165, 1.54) is 4.70 Å². The zero-order valence-corrected chi connectivity index (χ0v) is 9.42. The Morgan fingerprint density at radius 2 is 2.27 bits per heavy atom. The molecule has 0 unspecified atom stereocenters. The molecule has 0 saturated heterocycles. The van der Waals surface area contributed by atoms with Gasteiger partial charge in [-0.25, -0.2) is 4.98 Å². The first-order chi connectivity index (χ1) is 7.43. The predicted octanol–water partition coefficient (Wildman–Crippen LogP) is 3.21. The Morgan fingerprint density at radius 1 is 1.33 bits per heavy atom. The third kappa shape index (κ3) is 1.68. The van der Waals surface area contributed by atoms with Gasteiger partial charge in [0.1, 0.15) is 12.1 Å². The lowest BCUT2D eigenvalue weighted by Crippen LogP contribution is -2.21. The molecule has 3 nitrogen and oxygen atoms in total. The average molecular weight is 236 g/mol. The van der Waals surface area contributed by atoms with E-state index in [-0.39, 0.29) is 0 Å². The van der Waals surface area contributed by atoms with Gasteiger partial charge in [-0.2, -0.15) is 5.06 Å². The maximum atomic E-state index is 5.37. The van der Waals surface area contributed by atoms with Gasteiger partial charge in [0.2, 0.25) is 5.13 Å². The minimum Gasteiger partial charge on any atom is -0.384 e. The molecule has 0 N–H and O–H groups in total. The molecule has 0 fully saturated rings. The Bertz CT molecular complexity index is 476. The summed E-state index contributed by atoms with van der Waals surface area (Å²) in [7, 11) is 0. The Kier molecular flexibility index (Phi) is 2.26. The van der Waals surface area contributed by atoms with Crippen molar-refractivity contribution in [2.24, 2.45) is 0 Å². The second-order valence-electron chi connectivity index (χ2n) is 3.02. The van der Waals surface area contributed by atoms with Crippen LogP contribution in [0.1, 0.15) is 0 Å². The summed E-state index contributed by atoms with van der Waals surface area (Å²) in [4.78, 5) is 9.88. The number of hydrogen-bond acceptors (Lipinski definition) is 5. The fourth-order valence-electron chi connectivity index (χ4n) is 1.35. The van der Waals surface area contributed by atoms with Gasteiger partial charge < -0.3 is 4.84 Å². The number of hydroxylamine groups is 1. The van der Waals surface area contributed by atoms with Crippen molar-refractivity contribution in [3.8, 4) is 0 Å². The van der Waals surface area contributed by atoms with E-state index in [4.69, 9.17) is 4.84 Å². The average Bonchev–Trinajstić information content (AvgIpc) is 2.74. The molecule has 0 radical (unpaired) electrons. The fourth-order valence-corrected chi connectivity index (χ4v) is 2.88. The van der Waals surface area contributed by atoms with Crippen LogP contribution < -0.4 is 5.06 Å². The molecule has 2 aromatic rings. The predicted molar refractivity (Wildman–Crippen MR) is 64.8 cm³/mol. The number of benzene rings is 1. The smallest absolute Gasteiger partial charge is 0.221 e. The highest BCUT2D eigenvalue weighted by atomic mass is 32.2. The van der Waals surface area contributed by atoms with Crippen molar-refractivity contribution in [3.05, 3.63) is 35.9 Å². The minimum atomic E-state index is 0.788. The molecule has 2 heterocycles. The van der Waals surface area contributed by atoms with E-state index in [1.54, 1.807) is 34.4 Å². The molecule has 5 heteroatoms. The number of rotatable bonds is 1. The zero-order chi connectivity index (χ0) is 10.1. The van der Waals surface area contributed by atoms with Gasteiger partial charge in [0, 0.05) is 5.41 Å². The summed E-state index contributed by atoms with van der Waals surface area (Å²) in [5.74, 6) is 0.788. The van der Waals surface area contributed by atoms with Gasteiger partial charge in [0.25, 0.3) is 0 Å². The van der Waals surface area contributed by atoms with E-state index < -0.39 is 0 Å². The molecule has 0 amide bonds. The normalized spacial score (nSPS) is 15.6. The summed E-state index contributed by atoms with van der Waals surface area (Å²) in [5, 5.41) is 4.65. The highest BCUT2D eigenvalue weighted by Gasteiger charge is 2.14. The van der Waals surface area contributed by atoms with Crippen molar-refractivity contribution in [2.75, 3.05) is 10.9 Å². The van der Waals surface area contributed by atoms with Crippen molar-refractivity contribution < 1.29 is 4.84 Å². The molecule has 0 saturated carbocycles. The molecule has 0 spiro atoms. The van der Waals surface area contributed by atoms with E-state index in [0.717, 1.165) is 16.5 Å². The maximum absolute atomic E-state index is 5.37. The summed E-state index contributed by atoms with van der Waals surface area (Å²) >= 11 is 3.34. The van der Waals surface area contributed by atoms with Gasteiger partial charge in [0.15, 0.2) is 0 Å². The second-order valence-corrected chi connectivity index (χ2v) is 4.89. The van der Waals surface area contributed by atoms with Crippen LogP contribution >= 0.6 is 23.1 Å². The zero-order valence-electron chi connectivity index (χ0n) is 7.79. The van der Waals surface area contributed by atoms with E-state index >= 15 is 0 Å². The molecule has 1 aromatic carbocycles.